The van der Waals surface area contributed by atoms with E-state index in [0.29, 0.717) is 5.25 Å². The predicted molar refractivity (Wildman–Crippen MR) is 68.3 cm³/mol. The molecule has 2 fully saturated rings. The van der Waals surface area contributed by atoms with Crippen molar-refractivity contribution in [2.45, 2.75) is 42.6 Å². The number of aromatic nitrogens is 2. The topological polar surface area (TPSA) is 39.1 Å². The lowest BCUT2D eigenvalue weighted by molar-refractivity contribution is 0.0454. The molecular weight excluding hydrogens is 234 g/mol. The number of rotatable bonds is 5. The molecule has 17 heavy (non-hydrogen) atoms. The summed E-state index contributed by atoms with van der Waals surface area (Å²) in [6.07, 6.45) is 2.66. The fraction of sp³-hybridized carbons (Fsp3) is 0.750. The molecule has 2 aliphatic rings. The fourth-order valence-corrected chi connectivity index (χ4v) is 3.21. The first-order valence-electron chi connectivity index (χ1n) is 6.24. The van der Waals surface area contributed by atoms with Gasteiger partial charge in [0.15, 0.2) is 0 Å². The molecule has 1 saturated carbocycles. The van der Waals surface area contributed by atoms with Crippen molar-refractivity contribution in [3.63, 3.8) is 0 Å². The van der Waals surface area contributed by atoms with Crippen LogP contribution in [0, 0.1) is 6.92 Å². The van der Waals surface area contributed by atoms with Gasteiger partial charge in [-0.15, -0.1) is 0 Å². The van der Waals surface area contributed by atoms with Crippen LogP contribution in [0.1, 0.15) is 24.1 Å². The van der Waals surface area contributed by atoms with Crippen LogP contribution in [0.5, 0.6) is 0 Å². The molecule has 1 saturated heterocycles. The molecular formula is C12H19N3OS. The maximum absolute atomic E-state index is 5.24. The Hall–Kier alpha value is -0.520. The molecule has 0 radical (unpaired) electrons. The lowest BCUT2D eigenvalue weighted by atomic mass is 10.2. The third-order valence-electron chi connectivity index (χ3n) is 3.32. The average Bonchev–Trinajstić information content (AvgIpc) is 2.99. The lowest BCUT2D eigenvalue weighted by Crippen LogP contribution is -2.30. The summed E-state index contributed by atoms with van der Waals surface area (Å²) in [6, 6.07) is 0.750. The van der Waals surface area contributed by atoms with Gasteiger partial charge in [0.25, 0.3) is 0 Å². The Labute approximate surface area is 106 Å². The summed E-state index contributed by atoms with van der Waals surface area (Å²) in [4.78, 5) is 0. The highest BCUT2D eigenvalue weighted by Gasteiger charge is 2.26. The van der Waals surface area contributed by atoms with Crippen LogP contribution in [0.3, 0.4) is 0 Å². The lowest BCUT2D eigenvalue weighted by Gasteiger charge is -2.25. The molecule has 1 N–H and O–H groups in total. The van der Waals surface area contributed by atoms with Gasteiger partial charge in [-0.2, -0.15) is 5.10 Å². The third-order valence-corrected chi connectivity index (χ3v) is 4.66. The average molecular weight is 253 g/mol. The van der Waals surface area contributed by atoms with Crippen molar-refractivity contribution in [3.8, 4) is 0 Å². The first-order chi connectivity index (χ1) is 8.24. The number of nitrogens with one attached hydrogen (secondary N) is 1. The number of thioether (sulfide) groups is 1. The minimum absolute atomic E-state index is 0.615. The highest BCUT2D eigenvalue weighted by molar-refractivity contribution is 8.00. The molecule has 1 aliphatic heterocycles. The molecule has 4 nitrogen and oxygen atoms in total. The van der Waals surface area contributed by atoms with Crippen molar-refractivity contribution in [1.82, 2.24) is 15.1 Å². The van der Waals surface area contributed by atoms with Crippen molar-refractivity contribution < 1.29 is 4.74 Å². The van der Waals surface area contributed by atoms with E-state index in [2.05, 4.69) is 17.3 Å². The predicted octanol–water partition coefficient (Wildman–Crippen LogP) is 1.47. The van der Waals surface area contributed by atoms with E-state index in [9.17, 15) is 0 Å². The molecule has 1 aromatic rings. The number of hydrogen-bond donors (Lipinski definition) is 1. The summed E-state index contributed by atoms with van der Waals surface area (Å²) in [5.41, 5.74) is 2.53. The van der Waals surface area contributed by atoms with Crippen LogP contribution in [0.25, 0.3) is 0 Å². The molecule has 2 heterocycles. The van der Waals surface area contributed by atoms with Gasteiger partial charge in [-0.1, -0.05) is 11.8 Å². The Morgan fingerprint density at radius 2 is 2.24 bits per heavy atom. The van der Waals surface area contributed by atoms with E-state index in [1.54, 1.807) is 0 Å². The molecule has 1 aromatic heterocycles. The smallest absolute Gasteiger partial charge is 0.0988 e. The summed E-state index contributed by atoms with van der Waals surface area (Å²) in [6.45, 7) is 4.82. The van der Waals surface area contributed by atoms with Gasteiger partial charge in [0.1, 0.15) is 0 Å². The Morgan fingerprint density at radius 3 is 2.82 bits per heavy atom. The van der Waals surface area contributed by atoms with Crippen LogP contribution in [-0.4, -0.2) is 34.3 Å². The van der Waals surface area contributed by atoms with Gasteiger partial charge in [0, 0.05) is 25.2 Å². The second-order valence-corrected chi connectivity index (χ2v) is 6.21. The number of hydrogen-bond acceptors (Lipinski definition) is 4. The van der Waals surface area contributed by atoms with E-state index >= 15 is 0 Å². The standard InChI is InChI=1S/C12H19N3OS/c1-8-11(5-13-9-3-4-9)12(15(2)14-8)17-10-6-16-7-10/h9-10,13H,3-7H2,1-2H3. The Bertz CT molecular complexity index is 410. The quantitative estimate of drug-likeness (QED) is 0.862. The van der Waals surface area contributed by atoms with E-state index in [1.165, 1.54) is 23.4 Å². The van der Waals surface area contributed by atoms with Crippen LogP contribution in [-0.2, 0) is 18.3 Å². The number of ether oxygens (including phenoxy) is 1. The maximum atomic E-state index is 5.24. The molecule has 0 spiro atoms. The number of aryl methyl sites for hydroxylation is 2. The Balaban J connectivity index is 1.72. The largest absolute Gasteiger partial charge is 0.379 e. The van der Waals surface area contributed by atoms with Crippen molar-refractivity contribution in [2.24, 2.45) is 7.05 Å². The second-order valence-electron chi connectivity index (χ2n) is 4.93. The van der Waals surface area contributed by atoms with Gasteiger partial charge in [0.05, 0.1) is 29.2 Å². The van der Waals surface area contributed by atoms with Gasteiger partial charge in [-0.25, -0.2) is 0 Å². The van der Waals surface area contributed by atoms with Crippen molar-refractivity contribution in [1.29, 1.82) is 0 Å². The normalized spacial score (nSPS) is 20.6. The molecule has 0 amide bonds. The van der Waals surface area contributed by atoms with Crippen LogP contribution >= 0.6 is 11.8 Å². The zero-order valence-electron chi connectivity index (χ0n) is 10.4. The molecule has 0 aromatic carbocycles. The summed E-state index contributed by atoms with van der Waals surface area (Å²) < 4.78 is 7.25. The summed E-state index contributed by atoms with van der Waals surface area (Å²) >= 11 is 1.91. The highest BCUT2D eigenvalue weighted by atomic mass is 32.2. The van der Waals surface area contributed by atoms with Crippen LogP contribution in [0.4, 0.5) is 0 Å². The van der Waals surface area contributed by atoms with Crippen molar-refractivity contribution in [3.05, 3.63) is 11.3 Å². The minimum Gasteiger partial charge on any atom is -0.379 e. The zero-order chi connectivity index (χ0) is 11.8. The summed E-state index contributed by atoms with van der Waals surface area (Å²) in [5, 5.41) is 10.0. The molecule has 0 unspecified atom stereocenters. The molecule has 0 atom stereocenters. The van der Waals surface area contributed by atoms with Gasteiger partial charge in [-0.05, 0) is 19.8 Å². The van der Waals surface area contributed by atoms with E-state index in [-0.39, 0.29) is 0 Å². The fourth-order valence-electron chi connectivity index (χ4n) is 2.01. The van der Waals surface area contributed by atoms with E-state index in [1.807, 2.05) is 23.5 Å². The van der Waals surface area contributed by atoms with Gasteiger partial charge >= 0.3 is 0 Å². The van der Waals surface area contributed by atoms with Crippen molar-refractivity contribution >= 4 is 11.8 Å². The third kappa shape index (κ3) is 2.51. The van der Waals surface area contributed by atoms with Crippen LogP contribution < -0.4 is 5.32 Å². The van der Waals surface area contributed by atoms with E-state index in [0.717, 1.165) is 31.5 Å². The Kier molecular flexibility index (Phi) is 3.15. The van der Waals surface area contributed by atoms with Crippen LogP contribution in [0.15, 0.2) is 5.03 Å². The molecule has 1 aliphatic carbocycles. The first-order valence-corrected chi connectivity index (χ1v) is 7.12. The molecule has 94 valence electrons. The van der Waals surface area contributed by atoms with Gasteiger partial charge < -0.3 is 10.1 Å². The summed E-state index contributed by atoms with van der Waals surface area (Å²) in [5.74, 6) is 0. The number of nitrogens with zero attached hydrogens (tertiary/aromatic N) is 2. The highest BCUT2D eigenvalue weighted by Crippen LogP contribution is 2.32. The SMILES string of the molecule is Cc1nn(C)c(SC2COC2)c1CNC1CC1. The van der Waals surface area contributed by atoms with Crippen LogP contribution in [0.2, 0.25) is 0 Å². The zero-order valence-corrected chi connectivity index (χ0v) is 11.2. The van der Waals surface area contributed by atoms with Gasteiger partial charge in [0.2, 0.25) is 0 Å². The van der Waals surface area contributed by atoms with Crippen molar-refractivity contribution in [2.75, 3.05) is 13.2 Å². The van der Waals surface area contributed by atoms with E-state index in [4.69, 9.17) is 4.74 Å². The second kappa shape index (κ2) is 4.63. The van der Waals surface area contributed by atoms with Gasteiger partial charge in [-0.3, -0.25) is 4.68 Å². The first kappa shape index (κ1) is 11.6. The molecule has 5 heteroatoms. The molecule has 0 bridgehead atoms. The van der Waals surface area contributed by atoms with E-state index < -0.39 is 0 Å². The monoisotopic (exact) mass is 253 g/mol. The molecule has 3 rings (SSSR count). The minimum atomic E-state index is 0.615. The maximum Gasteiger partial charge on any atom is 0.0988 e. The Morgan fingerprint density at radius 1 is 1.47 bits per heavy atom. The summed E-state index contributed by atoms with van der Waals surface area (Å²) in [7, 11) is 2.04.